The van der Waals surface area contributed by atoms with E-state index in [9.17, 15) is 0 Å². The molecule has 1 aliphatic heterocycles. The summed E-state index contributed by atoms with van der Waals surface area (Å²) in [6.45, 7) is 3.48. The third kappa shape index (κ3) is 4.35. The Labute approximate surface area is 119 Å². The van der Waals surface area contributed by atoms with Crippen molar-refractivity contribution in [1.82, 2.24) is 4.90 Å². The van der Waals surface area contributed by atoms with E-state index in [1.165, 1.54) is 0 Å². The number of nitrogens with two attached hydrogens (primary N) is 1. The maximum absolute atomic E-state index is 6.05. The van der Waals surface area contributed by atoms with Crippen molar-refractivity contribution in [1.29, 1.82) is 0 Å². The summed E-state index contributed by atoms with van der Waals surface area (Å²) in [5, 5.41) is 0.670. The molecule has 1 fully saturated rings. The van der Waals surface area contributed by atoms with E-state index in [2.05, 4.69) is 4.90 Å². The summed E-state index contributed by atoms with van der Waals surface area (Å²) in [7, 11) is 1.68. The lowest BCUT2D eigenvalue weighted by atomic mass is 10.1. The molecule has 0 radical (unpaired) electrons. The number of hydrogen-bond acceptors (Lipinski definition) is 4. The molecule has 0 unspecified atom stereocenters. The van der Waals surface area contributed by atoms with E-state index in [1.54, 1.807) is 7.11 Å². The minimum atomic E-state index is 0.119. The molecule has 0 aromatic heterocycles. The molecule has 4 nitrogen and oxygen atoms in total. The average molecular weight is 285 g/mol. The van der Waals surface area contributed by atoms with Crippen LogP contribution < -0.4 is 10.5 Å². The standard InChI is InChI=1S/C14H21ClN2O2/c1-18-10-11(16)6-7-17-8-12(9-17)19-14-5-3-2-4-13(14)15/h2-5,11-12H,6-10,16H2,1H3/t11-/m0/s1. The van der Waals surface area contributed by atoms with Crippen molar-refractivity contribution >= 4 is 11.6 Å². The lowest BCUT2D eigenvalue weighted by Gasteiger charge is -2.39. The maximum atomic E-state index is 6.05. The number of hydrogen-bond donors (Lipinski definition) is 1. The van der Waals surface area contributed by atoms with Crippen LogP contribution in [-0.2, 0) is 4.74 Å². The highest BCUT2D eigenvalue weighted by molar-refractivity contribution is 6.32. The molecule has 0 bridgehead atoms. The Hall–Kier alpha value is -0.810. The second-order valence-corrected chi connectivity index (χ2v) is 5.34. The highest BCUT2D eigenvalue weighted by atomic mass is 35.5. The molecule has 0 amide bonds. The highest BCUT2D eigenvalue weighted by Gasteiger charge is 2.28. The van der Waals surface area contributed by atoms with Gasteiger partial charge in [-0.05, 0) is 18.6 Å². The first-order valence-electron chi connectivity index (χ1n) is 6.57. The van der Waals surface area contributed by atoms with Gasteiger partial charge in [-0.15, -0.1) is 0 Å². The molecule has 1 atom stereocenters. The highest BCUT2D eigenvalue weighted by Crippen LogP contribution is 2.26. The van der Waals surface area contributed by atoms with Crippen molar-refractivity contribution in [3.05, 3.63) is 29.3 Å². The van der Waals surface area contributed by atoms with E-state index in [1.807, 2.05) is 24.3 Å². The fraction of sp³-hybridized carbons (Fsp3) is 0.571. The lowest BCUT2D eigenvalue weighted by molar-refractivity contribution is 0.0169. The number of rotatable bonds is 7. The Bertz CT molecular complexity index is 397. The van der Waals surface area contributed by atoms with E-state index in [4.69, 9.17) is 26.8 Å². The predicted octanol–water partition coefficient (Wildman–Crippen LogP) is 1.77. The van der Waals surface area contributed by atoms with Crippen molar-refractivity contribution in [2.45, 2.75) is 18.6 Å². The van der Waals surface area contributed by atoms with Crippen molar-refractivity contribution in [3.8, 4) is 5.75 Å². The summed E-state index contributed by atoms with van der Waals surface area (Å²) in [6.07, 6.45) is 1.19. The number of ether oxygens (including phenoxy) is 2. The van der Waals surface area contributed by atoms with Crippen LogP contribution in [0.2, 0.25) is 5.02 Å². The van der Waals surface area contributed by atoms with E-state index >= 15 is 0 Å². The van der Waals surface area contributed by atoms with Gasteiger partial charge in [-0.3, -0.25) is 4.90 Å². The fourth-order valence-electron chi connectivity index (χ4n) is 2.15. The summed E-state index contributed by atoms with van der Waals surface area (Å²) in [5.74, 6) is 0.768. The molecule has 1 aromatic rings. The topological polar surface area (TPSA) is 47.7 Å². The normalized spacial score (nSPS) is 18.1. The molecule has 1 saturated heterocycles. The van der Waals surface area contributed by atoms with Crippen LogP contribution in [0.5, 0.6) is 5.75 Å². The van der Waals surface area contributed by atoms with Gasteiger partial charge in [0, 0.05) is 32.8 Å². The Morgan fingerprint density at radius 2 is 2.16 bits per heavy atom. The largest absolute Gasteiger partial charge is 0.486 e. The number of benzene rings is 1. The van der Waals surface area contributed by atoms with Crippen LogP contribution in [0.15, 0.2) is 24.3 Å². The Morgan fingerprint density at radius 1 is 1.42 bits per heavy atom. The van der Waals surface area contributed by atoms with Gasteiger partial charge in [-0.1, -0.05) is 23.7 Å². The molecular weight excluding hydrogens is 264 g/mol. The molecule has 2 N–H and O–H groups in total. The maximum Gasteiger partial charge on any atom is 0.138 e. The quantitative estimate of drug-likeness (QED) is 0.829. The van der Waals surface area contributed by atoms with Gasteiger partial charge in [-0.2, -0.15) is 0 Å². The van der Waals surface area contributed by atoms with Crippen molar-refractivity contribution in [3.63, 3.8) is 0 Å². The smallest absolute Gasteiger partial charge is 0.138 e. The average Bonchev–Trinajstić information content (AvgIpc) is 2.34. The summed E-state index contributed by atoms with van der Waals surface area (Å²) in [5.41, 5.74) is 5.89. The number of nitrogens with zero attached hydrogens (tertiary/aromatic N) is 1. The van der Waals surface area contributed by atoms with Crippen LogP contribution in [-0.4, -0.2) is 50.4 Å². The van der Waals surface area contributed by atoms with Crippen LogP contribution in [0.25, 0.3) is 0 Å². The minimum absolute atomic E-state index is 0.119. The molecule has 1 heterocycles. The van der Waals surface area contributed by atoms with E-state index in [-0.39, 0.29) is 12.1 Å². The number of halogens is 1. The molecule has 1 aliphatic rings. The van der Waals surface area contributed by atoms with Gasteiger partial charge >= 0.3 is 0 Å². The number of likely N-dealkylation sites (tertiary alicyclic amines) is 1. The lowest BCUT2D eigenvalue weighted by Crippen LogP contribution is -2.54. The van der Waals surface area contributed by atoms with Gasteiger partial charge in [0.2, 0.25) is 0 Å². The second kappa shape index (κ2) is 7.10. The van der Waals surface area contributed by atoms with E-state index < -0.39 is 0 Å². The van der Waals surface area contributed by atoms with Crippen molar-refractivity contribution in [2.24, 2.45) is 5.73 Å². The molecule has 5 heteroatoms. The first-order valence-corrected chi connectivity index (χ1v) is 6.95. The summed E-state index contributed by atoms with van der Waals surface area (Å²) in [6, 6.07) is 7.70. The van der Waals surface area contributed by atoms with Gasteiger partial charge in [0.05, 0.1) is 11.6 Å². The third-order valence-corrected chi connectivity index (χ3v) is 3.56. The van der Waals surface area contributed by atoms with Crippen LogP contribution in [0.3, 0.4) is 0 Å². The molecule has 2 rings (SSSR count). The molecule has 19 heavy (non-hydrogen) atoms. The Kier molecular flexibility index (Phi) is 5.45. The number of methoxy groups -OCH3 is 1. The van der Waals surface area contributed by atoms with Gasteiger partial charge in [0.25, 0.3) is 0 Å². The SMILES string of the molecule is COC[C@@H](N)CCN1CC(Oc2ccccc2Cl)C1. The molecule has 106 valence electrons. The summed E-state index contributed by atoms with van der Waals surface area (Å²) < 4.78 is 10.9. The van der Waals surface area contributed by atoms with Crippen LogP contribution in [0.1, 0.15) is 6.42 Å². The van der Waals surface area contributed by atoms with Crippen LogP contribution in [0, 0.1) is 0 Å². The van der Waals surface area contributed by atoms with Gasteiger partial charge in [0.15, 0.2) is 0 Å². The summed E-state index contributed by atoms with van der Waals surface area (Å²) in [4.78, 5) is 2.33. The first-order chi connectivity index (χ1) is 9.19. The van der Waals surface area contributed by atoms with E-state index in [0.29, 0.717) is 11.6 Å². The molecule has 1 aromatic carbocycles. The molecular formula is C14H21ClN2O2. The Morgan fingerprint density at radius 3 is 2.84 bits per heavy atom. The zero-order valence-electron chi connectivity index (χ0n) is 11.2. The van der Waals surface area contributed by atoms with Crippen molar-refractivity contribution in [2.75, 3.05) is 33.4 Å². The van der Waals surface area contributed by atoms with E-state index in [0.717, 1.165) is 31.8 Å². The third-order valence-electron chi connectivity index (χ3n) is 3.25. The van der Waals surface area contributed by atoms with Gasteiger partial charge in [-0.25, -0.2) is 0 Å². The summed E-state index contributed by atoms with van der Waals surface area (Å²) >= 11 is 6.05. The zero-order valence-corrected chi connectivity index (χ0v) is 12.0. The minimum Gasteiger partial charge on any atom is -0.486 e. The Balaban J connectivity index is 1.65. The fourth-order valence-corrected chi connectivity index (χ4v) is 2.33. The van der Waals surface area contributed by atoms with Gasteiger partial charge in [0.1, 0.15) is 11.9 Å². The predicted molar refractivity (Wildman–Crippen MR) is 76.8 cm³/mol. The molecule has 0 aliphatic carbocycles. The second-order valence-electron chi connectivity index (χ2n) is 4.93. The van der Waals surface area contributed by atoms with Crippen LogP contribution in [0.4, 0.5) is 0 Å². The van der Waals surface area contributed by atoms with Crippen molar-refractivity contribution < 1.29 is 9.47 Å². The van der Waals surface area contributed by atoms with Crippen LogP contribution >= 0.6 is 11.6 Å². The van der Waals surface area contributed by atoms with Gasteiger partial charge < -0.3 is 15.2 Å². The molecule has 0 saturated carbocycles. The zero-order chi connectivity index (χ0) is 13.7. The monoisotopic (exact) mass is 284 g/mol. The molecule has 0 spiro atoms. The first kappa shape index (κ1) is 14.6. The number of para-hydroxylation sites is 1.